The summed E-state index contributed by atoms with van der Waals surface area (Å²) in [5, 5.41) is 3.51. The number of hydrogen-bond donors (Lipinski definition) is 1. The molecule has 3 rings (SSSR count). The fourth-order valence-corrected chi connectivity index (χ4v) is 2.88. The molecular weight excluding hydrogens is 208 g/mol. The molecule has 1 N–H and O–H groups in total. The molecule has 1 aromatic carbocycles. The first-order chi connectivity index (χ1) is 8.45. The average molecular weight is 228 g/mol. The predicted octanol–water partition coefficient (Wildman–Crippen LogP) is 2.70. The van der Waals surface area contributed by atoms with Crippen LogP contribution in [0.5, 0.6) is 0 Å². The monoisotopic (exact) mass is 228 g/mol. The second-order valence-electron chi connectivity index (χ2n) is 4.93. The molecular formula is C15H20N2. The van der Waals surface area contributed by atoms with E-state index in [1.165, 1.54) is 30.5 Å². The Morgan fingerprint density at radius 2 is 2.18 bits per heavy atom. The topological polar surface area (TPSA) is 15.3 Å². The molecule has 90 valence electrons. The Balaban J connectivity index is 1.93. The number of hydrogen-bond acceptors (Lipinski definition) is 2. The van der Waals surface area contributed by atoms with Crippen LogP contribution >= 0.6 is 0 Å². The maximum atomic E-state index is 3.51. The van der Waals surface area contributed by atoms with E-state index in [-0.39, 0.29) is 0 Å². The Bertz CT molecular complexity index is 411. The Morgan fingerprint density at radius 3 is 3.06 bits per heavy atom. The van der Waals surface area contributed by atoms with Crippen molar-refractivity contribution in [3.05, 3.63) is 42.0 Å². The van der Waals surface area contributed by atoms with Crippen LogP contribution in [-0.2, 0) is 6.54 Å². The van der Waals surface area contributed by atoms with Gasteiger partial charge in [0, 0.05) is 31.4 Å². The van der Waals surface area contributed by atoms with Gasteiger partial charge >= 0.3 is 0 Å². The fraction of sp³-hybridized carbons (Fsp3) is 0.467. The molecule has 1 aliphatic carbocycles. The van der Waals surface area contributed by atoms with Crippen molar-refractivity contribution in [2.75, 3.05) is 18.0 Å². The van der Waals surface area contributed by atoms with Gasteiger partial charge in [-0.2, -0.15) is 0 Å². The zero-order valence-corrected chi connectivity index (χ0v) is 10.2. The normalized spacial score (nSPS) is 24.2. The number of benzene rings is 1. The summed E-state index contributed by atoms with van der Waals surface area (Å²) in [5.74, 6) is 0. The van der Waals surface area contributed by atoms with Gasteiger partial charge in [-0.1, -0.05) is 30.4 Å². The van der Waals surface area contributed by atoms with E-state index in [4.69, 9.17) is 0 Å². The van der Waals surface area contributed by atoms with Crippen molar-refractivity contribution in [3.8, 4) is 0 Å². The van der Waals surface area contributed by atoms with Crippen LogP contribution in [0.15, 0.2) is 36.4 Å². The summed E-state index contributed by atoms with van der Waals surface area (Å²) < 4.78 is 0. The first-order valence-corrected chi connectivity index (χ1v) is 6.67. The van der Waals surface area contributed by atoms with Gasteiger partial charge < -0.3 is 10.2 Å². The smallest absolute Gasteiger partial charge is 0.0473 e. The largest absolute Gasteiger partial charge is 0.364 e. The third-order valence-electron chi connectivity index (χ3n) is 3.78. The second kappa shape index (κ2) is 4.92. The maximum Gasteiger partial charge on any atom is 0.0473 e. The van der Waals surface area contributed by atoms with Gasteiger partial charge in [-0.05, 0) is 30.9 Å². The van der Waals surface area contributed by atoms with Crippen LogP contribution in [-0.4, -0.2) is 19.1 Å². The maximum absolute atomic E-state index is 3.51. The molecule has 2 aliphatic rings. The van der Waals surface area contributed by atoms with Crippen molar-refractivity contribution < 1.29 is 0 Å². The lowest BCUT2D eigenvalue weighted by Gasteiger charge is -2.33. The Kier molecular flexibility index (Phi) is 3.14. The fourth-order valence-electron chi connectivity index (χ4n) is 2.88. The zero-order chi connectivity index (χ0) is 11.5. The molecule has 1 unspecified atom stereocenters. The van der Waals surface area contributed by atoms with Crippen molar-refractivity contribution >= 4 is 5.69 Å². The van der Waals surface area contributed by atoms with Gasteiger partial charge in [0.15, 0.2) is 0 Å². The molecule has 1 atom stereocenters. The van der Waals surface area contributed by atoms with Crippen molar-refractivity contribution in [1.82, 2.24) is 5.32 Å². The quantitative estimate of drug-likeness (QED) is 0.743. The lowest BCUT2D eigenvalue weighted by atomic mass is 10.00. The van der Waals surface area contributed by atoms with E-state index in [9.17, 15) is 0 Å². The molecule has 0 spiro atoms. The van der Waals surface area contributed by atoms with Crippen LogP contribution < -0.4 is 10.2 Å². The molecule has 17 heavy (non-hydrogen) atoms. The standard InChI is InChI=1S/C15H20N2/c1-2-7-14(8-3-1)17-11-10-16-12-13-6-4-5-9-15(13)17/h2,4-7,9,14,16H,1,3,8,10-12H2. The summed E-state index contributed by atoms with van der Waals surface area (Å²) in [5.41, 5.74) is 2.86. The number of nitrogens with one attached hydrogen (secondary N) is 1. The number of anilines is 1. The number of rotatable bonds is 1. The van der Waals surface area contributed by atoms with Crippen molar-refractivity contribution in [2.45, 2.75) is 31.8 Å². The van der Waals surface area contributed by atoms with Crippen LogP contribution in [0.4, 0.5) is 5.69 Å². The van der Waals surface area contributed by atoms with Gasteiger partial charge in [0.1, 0.15) is 0 Å². The van der Waals surface area contributed by atoms with Crippen LogP contribution in [0.1, 0.15) is 24.8 Å². The summed E-state index contributed by atoms with van der Waals surface area (Å²) >= 11 is 0. The van der Waals surface area contributed by atoms with Crippen LogP contribution in [0.25, 0.3) is 0 Å². The van der Waals surface area contributed by atoms with Crippen molar-refractivity contribution in [3.63, 3.8) is 0 Å². The molecule has 0 saturated heterocycles. The summed E-state index contributed by atoms with van der Waals surface area (Å²) in [6.07, 6.45) is 8.61. The molecule has 0 amide bonds. The summed E-state index contributed by atoms with van der Waals surface area (Å²) in [6.45, 7) is 3.20. The van der Waals surface area contributed by atoms with E-state index >= 15 is 0 Å². The second-order valence-corrected chi connectivity index (χ2v) is 4.93. The highest BCUT2D eigenvalue weighted by molar-refractivity contribution is 5.56. The minimum atomic E-state index is 0.602. The molecule has 1 aliphatic heterocycles. The molecule has 1 heterocycles. The van der Waals surface area contributed by atoms with Crippen molar-refractivity contribution in [2.24, 2.45) is 0 Å². The third-order valence-corrected chi connectivity index (χ3v) is 3.78. The molecule has 1 aromatic rings. The molecule has 0 radical (unpaired) electrons. The number of fused-ring (bicyclic) bond motifs is 1. The summed E-state index contributed by atoms with van der Waals surface area (Å²) in [6, 6.07) is 9.41. The van der Waals surface area contributed by atoms with E-state index in [1.807, 2.05) is 0 Å². The minimum absolute atomic E-state index is 0.602. The lowest BCUT2D eigenvalue weighted by Crippen LogP contribution is -2.37. The first-order valence-electron chi connectivity index (χ1n) is 6.67. The Hall–Kier alpha value is -1.28. The molecule has 2 nitrogen and oxygen atoms in total. The highest BCUT2D eigenvalue weighted by Gasteiger charge is 2.21. The van der Waals surface area contributed by atoms with E-state index < -0.39 is 0 Å². The minimum Gasteiger partial charge on any atom is -0.364 e. The van der Waals surface area contributed by atoms with E-state index in [2.05, 4.69) is 46.6 Å². The van der Waals surface area contributed by atoms with Crippen LogP contribution in [0.3, 0.4) is 0 Å². The molecule has 2 heteroatoms. The average Bonchev–Trinajstić information content (AvgIpc) is 2.62. The van der Waals surface area contributed by atoms with E-state index in [0.29, 0.717) is 6.04 Å². The predicted molar refractivity (Wildman–Crippen MR) is 72.3 cm³/mol. The van der Waals surface area contributed by atoms with Gasteiger partial charge in [0.25, 0.3) is 0 Å². The third kappa shape index (κ3) is 2.22. The van der Waals surface area contributed by atoms with E-state index in [0.717, 1.165) is 19.6 Å². The van der Waals surface area contributed by atoms with Crippen LogP contribution in [0, 0.1) is 0 Å². The van der Waals surface area contributed by atoms with E-state index in [1.54, 1.807) is 0 Å². The van der Waals surface area contributed by atoms with Gasteiger partial charge in [-0.25, -0.2) is 0 Å². The summed E-state index contributed by atoms with van der Waals surface area (Å²) in [4.78, 5) is 2.57. The molecule has 0 fully saturated rings. The number of nitrogens with zero attached hydrogens (tertiary/aromatic N) is 1. The molecule has 0 saturated carbocycles. The van der Waals surface area contributed by atoms with Crippen molar-refractivity contribution in [1.29, 1.82) is 0 Å². The molecule has 0 bridgehead atoms. The molecule has 0 aromatic heterocycles. The first kappa shape index (κ1) is 10.8. The highest BCUT2D eigenvalue weighted by atomic mass is 15.2. The highest BCUT2D eigenvalue weighted by Crippen LogP contribution is 2.27. The van der Waals surface area contributed by atoms with Gasteiger partial charge in [-0.15, -0.1) is 0 Å². The Labute approximate surface area is 103 Å². The lowest BCUT2D eigenvalue weighted by molar-refractivity contribution is 0.579. The number of allylic oxidation sites excluding steroid dienone is 1. The van der Waals surface area contributed by atoms with Gasteiger partial charge in [-0.3, -0.25) is 0 Å². The van der Waals surface area contributed by atoms with Gasteiger partial charge in [0.05, 0.1) is 0 Å². The summed E-state index contributed by atoms with van der Waals surface area (Å²) in [7, 11) is 0. The Morgan fingerprint density at radius 1 is 1.24 bits per heavy atom. The SMILES string of the molecule is C1=CC(N2CCNCc3ccccc32)CCC1. The van der Waals surface area contributed by atoms with Gasteiger partial charge in [0.2, 0.25) is 0 Å². The van der Waals surface area contributed by atoms with Crippen LogP contribution in [0.2, 0.25) is 0 Å². The number of para-hydroxylation sites is 1. The zero-order valence-electron chi connectivity index (χ0n) is 10.2.